The maximum absolute atomic E-state index is 12.3. The van der Waals surface area contributed by atoms with E-state index in [1.54, 1.807) is 49.3 Å². The smallest absolute Gasteiger partial charge is 0.238 e. The van der Waals surface area contributed by atoms with Crippen molar-refractivity contribution in [2.75, 3.05) is 24.3 Å². The molecule has 0 aliphatic heterocycles. The number of anilines is 2. The van der Waals surface area contributed by atoms with Crippen molar-refractivity contribution >= 4 is 38.9 Å². The van der Waals surface area contributed by atoms with Crippen molar-refractivity contribution in [1.29, 1.82) is 0 Å². The Morgan fingerprint density at radius 2 is 1.79 bits per heavy atom. The van der Waals surface area contributed by atoms with Crippen LogP contribution in [-0.2, 0) is 21.2 Å². The molecule has 128 valence electrons. The molecule has 1 amide bonds. The molecule has 2 aromatic carbocycles. The van der Waals surface area contributed by atoms with Gasteiger partial charge in [-0.2, -0.15) is 0 Å². The van der Waals surface area contributed by atoms with Crippen LogP contribution in [0.5, 0.6) is 0 Å². The summed E-state index contributed by atoms with van der Waals surface area (Å²) in [6.07, 6.45) is 0.143. The van der Waals surface area contributed by atoms with Crippen molar-refractivity contribution in [3.8, 4) is 0 Å². The molecule has 0 heterocycles. The van der Waals surface area contributed by atoms with Crippen LogP contribution >= 0.6 is 11.6 Å². The summed E-state index contributed by atoms with van der Waals surface area (Å²) in [5.74, 6) is -0.271. The van der Waals surface area contributed by atoms with Crippen molar-refractivity contribution in [2.24, 2.45) is 5.14 Å². The minimum absolute atomic E-state index is 0.0603. The summed E-state index contributed by atoms with van der Waals surface area (Å²) in [4.78, 5) is 14.0. The van der Waals surface area contributed by atoms with E-state index in [1.165, 1.54) is 12.1 Å². The van der Waals surface area contributed by atoms with Gasteiger partial charge in [0.25, 0.3) is 0 Å². The van der Waals surface area contributed by atoms with Crippen LogP contribution in [0.1, 0.15) is 5.56 Å². The zero-order valence-electron chi connectivity index (χ0n) is 13.3. The predicted octanol–water partition coefficient (Wildman–Crippen LogP) is 2.23. The summed E-state index contributed by atoms with van der Waals surface area (Å²) >= 11 is 5.82. The molecule has 0 aliphatic rings. The Balaban J connectivity index is 2.26. The molecular weight excluding hydrogens is 350 g/mol. The highest BCUT2D eigenvalue weighted by Gasteiger charge is 2.14. The number of sulfonamides is 1. The number of benzene rings is 2. The van der Waals surface area contributed by atoms with Gasteiger partial charge in [-0.3, -0.25) is 4.79 Å². The second kappa shape index (κ2) is 7.21. The molecule has 0 fully saturated rings. The minimum atomic E-state index is -3.85. The molecule has 0 aliphatic carbocycles. The Hall–Kier alpha value is -2.09. The summed E-state index contributed by atoms with van der Waals surface area (Å²) in [5.41, 5.74) is 1.85. The van der Waals surface area contributed by atoms with Crippen LogP contribution in [0.25, 0.3) is 0 Å². The number of nitrogens with two attached hydrogens (primary N) is 1. The number of carbonyl (C=O) groups excluding carboxylic acids is 1. The lowest BCUT2D eigenvalue weighted by Gasteiger charge is -2.18. The van der Waals surface area contributed by atoms with E-state index in [-0.39, 0.29) is 17.2 Å². The number of rotatable bonds is 5. The first-order chi connectivity index (χ1) is 11.2. The topological polar surface area (TPSA) is 92.5 Å². The Morgan fingerprint density at radius 1 is 1.17 bits per heavy atom. The molecule has 3 N–H and O–H groups in total. The number of nitrogens with zero attached hydrogens (tertiary/aromatic N) is 1. The summed E-state index contributed by atoms with van der Waals surface area (Å²) in [5, 5.41) is 8.48. The van der Waals surface area contributed by atoms with Crippen molar-refractivity contribution in [3.05, 3.63) is 53.1 Å². The van der Waals surface area contributed by atoms with Crippen molar-refractivity contribution in [2.45, 2.75) is 11.3 Å². The average molecular weight is 368 g/mol. The van der Waals surface area contributed by atoms with Crippen molar-refractivity contribution < 1.29 is 13.2 Å². The lowest BCUT2D eigenvalue weighted by atomic mass is 10.1. The fourth-order valence-corrected chi connectivity index (χ4v) is 2.83. The summed E-state index contributed by atoms with van der Waals surface area (Å²) in [6, 6.07) is 11.3. The van der Waals surface area contributed by atoms with Gasteiger partial charge in [0.15, 0.2) is 0 Å². The van der Waals surface area contributed by atoms with Crippen LogP contribution in [0.4, 0.5) is 11.4 Å². The summed E-state index contributed by atoms with van der Waals surface area (Å²) in [7, 11) is -0.267. The number of carbonyl (C=O) groups is 1. The van der Waals surface area contributed by atoms with Gasteiger partial charge in [-0.15, -0.1) is 0 Å². The highest BCUT2D eigenvalue weighted by Crippen LogP contribution is 2.27. The van der Waals surface area contributed by atoms with E-state index in [0.29, 0.717) is 16.4 Å². The van der Waals surface area contributed by atoms with Gasteiger partial charge in [-0.1, -0.05) is 23.7 Å². The van der Waals surface area contributed by atoms with Crippen LogP contribution in [-0.4, -0.2) is 28.4 Å². The monoisotopic (exact) mass is 367 g/mol. The fourth-order valence-electron chi connectivity index (χ4n) is 2.16. The molecule has 0 bridgehead atoms. The Morgan fingerprint density at radius 3 is 2.33 bits per heavy atom. The SMILES string of the molecule is CN(C)c1ccc(S(N)(=O)=O)cc1NC(=O)Cc1ccc(Cl)cc1. The summed E-state index contributed by atoms with van der Waals surface area (Å²) in [6.45, 7) is 0. The molecule has 0 spiro atoms. The third kappa shape index (κ3) is 4.70. The molecule has 0 saturated heterocycles. The van der Waals surface area contributed by atoms with E-state index in [0.717, 1.165) is 5.56 Å². The van der Waals surface area contributed by atoms with E-state index in [2.05, 4.69) is 5.32 Å². The first-order valence-electron chi connectivity index (χ1n) is 7.05. The van der Waals surface area contributed by atoms with Crippen LogP contribution in [0, 0.1) is 0 Å². The largest absolute Gasteiger partial charge is 0.376 e. The highest BCUT2D eigenvalue weighted by molar-refractivity contribution is 7.89. The molecular formula is C16H18ClN3O3S. The van der Waals surface area contributed by atoms with Crippen molar-refractivity contribution in [1.82, 2.24) is 0 Å². The van der Waals surface area contributed by atoms with E-state index in [9.17, 15) is 13.2 Å². The zero-order chi connectivity index (χ0) is 17.9. The third-order valence-corrected chi connectivity index (χ3v) is 4.49. The molecule has 0 aromatic heterocycles. The molecule has 0 atom stereocenters. The predicted molar refractivity (Wildman–Crippen MR) is 95.9 cm³/mol. The van der Waals surface area contributed by atoms with Gasteiger partial charge in [0, 0.05) is 19.1 Å². The Kier molecular flexibility index (Phi) is 5.48. The average Bonchev–Trinajstić information content (AvgIpc) is 2.48. The third-order valence-electron chi connectivity index (χ3n) is 3.33. The van der Waals surface area contributed by atoms with Gasteiger partial charge in [-0.05, 0) is 35.9 Å². The number of hydrogen-bond acceptors (Lipinski definition) is 4. The van der Waals surface area contributed by atoms with E-state index in [4.69, 9.17) is 16.7 Å². The standard InChI is InChI=1S/C16H18ClN3O3S/c1-20(2)15-8-7-13(24(18,22)23)10-14(15)19-16(21)9-11-3-5-12(17)6-4-11/h3-8,10H,9H2,1-2H3,(H,19,21)(H2,18,22,23). The van der Waals surface area contributed by atoms with Crippen molar-refractivity contribution in [3.63, 3.8) is 0 Å². The van der Waals surface area contributed by atoms with Gasteiger partial charge in [0.2, 0.25) is 15.9 Å². The summed E-state index contributed by atoms with van der Waals surface area (Å²) < 4.78 is 23.0. The number of nitrogens with one attached hydrogen (secondary N) is 1. The van der Waals surface area contributed by atoms with E-state index < -0.39 is 10.0 Å². The lowest BCUT2D eigenvalue weighted by molar-refractivity contribution is -0.115. The lowest BCUT2D eigenvalue weighted by Crippen LogP contribution is -2.19. The number of halogens is 1. The molecule has 6 nitrogen and oxygen atoms in total. The maximum atomic E-state index is 12.3. The number of primary sulfonamides is 1. The Labute approximate surface area is 146 Å². The molecule has 0 radical (unpaired) electrons. The molecule has 2 aromatic rings. The number of hydrogen-bond donors (Lipinski definition) is 2. The first kappa shape index (κ1) is 18.3. The fraction of sp³-hybridized carbons (Fsp3) is 0.188. The first-order valence-corrected chi connectivity index (χ1v) is 8.98. The minimum Gasteiger partial charge on any atom is -0.376 e. The van der Waals surface area contributed by atoms with Crippen LogP contribution in [0.3, 0.4) is 0 Å². The molecule has 2 rings (SSSR count). The van der Waals surface area contributed by atoms with Gasteiger partial charge in [0.1, 0.15) is 0 Å². The van der Waals surface area contributed by atoms with Gasteiger partial charge < -0.3 is 10.2 Å². The number of amides is 1. The quantitative estimate of drug-likeness (QED) is 0.847. The molecule has 24 heavy (non-hydrogen) atoms. The van der Waals surface area contributed by atoms with Gasteiger partial charge >= 0.3 is 0 Å². The molecule has 8 heteroatoms. The molecule has 0 unspecified atom stereocenters. The van der Waals surface area contributed by atoms with Crippen LogP contribution < -0.4 is 15.4 Å². The maximum Gasteiger partial charge on any atom is 0.238 e. The second-order valence-corrected chi connectivity index (χ2v) is 7.47. The van der Waals surface area contributed by atoms with Crippen LogP contribution in [0.15, 0.2) is 47.4 Å². The van der Waals surface area contributed by atoms with Gasteiger partial charge in [-0.25, -0.2) is 13.6 Å². The van der Waals surface area contributed by atoms with Gasteiger partial charge in [0.05, 0.1) is 22.7 Å². The van der Waals surface area contributed by atoms with Crippen LogP contribution in [0.2, 0.25) is 5.02 Å². The normalized spacial score (nSPS) is 11.2. The second-order valence-electron chi connectivity index (χ2n) is 5.47. The zero-order valence-corrected chi connectivity index (χ0v) is 14.9. The Bertz CT molecular complexity index is 849. The molecule has 0 saturated carbocycles. The van der Waals surface area contributed by atoms with E-state index >= 15 is 0 Å². The van der Waals surface area contributed by atoms with E-state index in [1.807, 2.05) is 0 Å². The highest BCUT2D eigenvalue weighted by atomic mass is 35.5.